The first-order chi connectivity index (χ1) is 8.85. The highest BCUT2D eigenvalue weighted by atomic mass is 16.5. The number of nitrogens with one attached hydrogen (secondary N) is 1. The Morgan fingerprint density at radius 2 is 2.06 bits per heavy atom. The van der Waals surface area contributed by atoms with E-state index in [0.29, 0.717) is 12.4 Å². The summed E-state index contributed by atoms with van der Waals surface area (Å²) in [7, 11) is 1.63. The lowest BCUT2D eigenvalue weighted by Gasteiger charge is -2.09. The summed E-state index contributed by atoms with van der Waals surface area (Å²) in [6, 6.07) is 9.67. The van der Waals surface area contributed by atoms with E-state index in [1.807, 2.05) is 30.3 Å². The van der Waals surface area contributed by atoms with Crippen molar-refractivity contribution in [2.45, 2.75) is 6.54 Å². The fourth-order valence-electron chi connectivity index (χ4n) is 1.58. The number of hydrogen-bond acceptors (Lipinski definition) is 5. The van der Waals surface area contributed by atoms with Crippen molar-refractivity contribution in [3.63, 3.8) is 0 Å². The maximum Gasteiger partial charge on any atom is 0.182 e. The molecule has 0 aliphatic rings. The SMILES string of the molecule is COc1ccccc1CNc1nccnc1C#N. The average molecular weight is 240 g/mol. The lowest BCUT2D eigenvalue weighted by molar-refractivity contribution is 0.410. The second-order valence-electron chi connectivity index (χ2n) is 3.53. The summed E-state index contributed by atoms with van der Waals surface area (Å²) in [6.45, 7) is 0.525. The van der Waals surface area contributed by atoms with E-state index in [2.05, 4.69) is 15.3 Å². The van der Waals surface area contributed by atoms with E-state index < -0.39 is 0 Å². The van der Waals surface area contributed by atoms with E-state index in [0.717, 1.165) is 11.3 Å². The van der Waals surface area contributed by atoms with E-state index in [-0.39, 0.29) is 5.69 Å². The third kappa shape index (κ3) is 2.55. The van der Waals surface area contributed by atoms with Gasteiger partial charge in [0.2, 0.25) is 0 Å². The Bertz CT molecular complexity index is 577. The molecule has 0 amide bonds. The number of para-hydroxylation sites is 1. The van der Waals surface area contributed by atoms with Gasteiger partial charge in [0.15, 0.2) is 11.5 Å². The van der Waals surface area contributed by atoms with Crippen LogP contribution in [0, 0.1) is 11.3 Å². The van der Waals surface area contributed by atoms with Gasteiger partial charge in [-0.1, -0.05) is 18.2 Å². The Labute approximate surface area is 105 Å². The minimum Gasteiger partial charge on any atom is -0.496 e. The topological polar surface area (TPSA) is 70.8 Å². The van der Waals surface area contributed by atoms with E-state index in [4.69, 9.17) is 10.00 Å². The minimum absolute atomic E-state index is 0.285. The Morgan fingerprint density at radius 3 is 2.83 bits per heavy atom. The summed E-state index contributed by atoms with van der Waals surface area (Å²) in [6.07, 6.45) is 3.04. The zero-order valence-corrected chi connectivity index (χ0v) is 9.92. The Morgan fingerprint density at radius 1 is 1.28 bits per heavy atom. The van der Waals surface area contributed by atoms with Gasteiger partial charge in [-0.25, -0.2) is 9.97 Å². The van der Waals surface area contributed by atoms with Crippen LogP contribution in [0.3, 0.4) is 0 Å². The van der Waals surface area contributed by atoms with Gasteiger partial charge in [0.05, 0.1) is 7.11 Å². The molecule has 0 radical (unpaired) electrons. The summed E-state index contributed by atoms with van der Waals surface area (Å²) in [5.74, 6) is 1.28. The van der Waals surface area contributed by atoms with E-state index in [1.165, 1.54) is 6.20 Å². The van der Waals surface area contributed by atoms with Crippen molar-refractivity contribution in [1.29, 1.82) is 5.26 Å². The molecule has 0 saturated heterocycles. The number of ether oxygens (including phenoxy) is 1. The predicted octanol–water partition coefficient (Wildman–Crippen LogP) is 1.97. The van der Waals surface area contributed by atoms with Crippen LogP contribution in [0.4, 0.5) is 5.82 Å². The van der Waals surface area contributed by atoms with Crippen LogP contribution in [-0.2, 0) is 6.54 Å². The maximum absolute atomic E-state index is 8.90. The van der Waals surface area contributed by atoms with Crippen molar-refractivity contribution in [2.75, 3.05) is 12.4 Å². The lowest BCUT2D eigenvalue weighted by Crippen LogP contribution is -2.05. The van der Waals surface area contributed by atoms with Gasteiger partial charge in [-0.15, -0.1) is 0 Å². The zero-order valence-electron chi connectivity index (χ0n) is 9.92. The Hall–Kier alpha value is -2.61. The first-order valence-corrected chi connectivity index (χ1v) is 5.42. The van der Waals surface area contributed by atoms with Crippen LogP contribution in [0.5, 0.6) is 5.75 Å². The molecule has 0 aliphatic heterocycles. The standard InChI is InChI=1S/C13H12N4O/c1-18-12-5-3-2-4-10(12)9-17-13-11(8-14)15-6-7-16-13/h2-7H,9H2,1H3,(H,16,17). The van der Waals surface area contributed by atoms with Gasteiger partial charge in [-0.3, -0.25) is 0 Å². The number of nitrogens with zero attached hydrogens (tertiary/aromatic N) is 3. The first kappa shape index (κ1) is 11.9. The van der Waals surface area contributed by atoms with Gasteiger partial charge in [-0.05, 0) is 6.07 Å². The fraction of sp³-hybridized carbons (Fsp3) is 0.154. The van der Waals surface area contributed by atoms with Gasteiger partial charge < -0.3 is 10.1 Å². The van der Waals surface area contributed by atoms with Crippen LogP contribution < -0.4 is 10.1 Å². The van der Waals surface area contributed by atoms with Crippen LogP contribution >= 0.6 is 0 Å². The van der Waals surface area contributed by atoms with Crippen molar-refractivity contribution < 1.29 is 4.74 Å². The summed E-state index contributed by atoms with van der Waals surface area (Å²) < 4.78 is 5.25. The second-order valence-corrected chi connectivity index (χ2v) is 3.53. The summed E-state index contributed by atoms with van der Waals surface area (Å²) in [5.41, 5.74) is 1.28. The number of hydrogen-bond donors (Lipinski definition) is 1. The number of aromatic nitrogens is 2. The molecule has 0 saturated carbocycles. The quantitative estimate of drug-likeness (QED) is 0.884. The maximum atomic E-state index is 8.90. The van der Waals surface area contributed by atoms with Crippen molar-refractivity contribution in [1.82, 2.24) is 9.97 Å². The molecule has 5 nitrogen and oxygen atoms in total. The zero-order chi connectivity index (χ0) is 12.8. The highest BCUT2D eigenvalue weighted by molar-refractivity contribution is 5.48. The minimum atomic E-state index is 0.285. The summed E-state index contributed by atoms with van der Waals surface area (Å²) >= 11 is 0. The van der Waals surface area contributed by atoms with Crippen LogP contribution in [-0.4, -0.2) is 17.1 Å². The Kier molecular flexibility index (Phi) is 3.72. The molecule has 0 aliphatic carbocycles. The molecule has 1 N–H and O–H groups in total. The van der Waals surface area contributed by atoms with Gasteiger partial charge in [0.25, 0.3) is 0 Å². The van der Waals surface area contributed by atoms with Crippen molar-refractivity contribution in [2.24, 2.45) is 0 Å². The molecule has 0 fully saturated rings. The number of rotatable bonds is 4. The third-order valence-corrected chi connectivity index (χ3v) is 2.44. The number of methoxy groups -OCH3 is 1. The number of benzene rings is 1. The average Bonchev–Trinajstić information content (AvgIpc) is 2.45. The van der Waals surface area contributed by atoms with Gasteiger partial charge in [-0.2, -0.15) is 5.26 Å². The molecule has 0 unspecified atom stereocenters. The second kappa shape index (κ2) is 5.64. The molecule has 0 bridgehead atoms. The third-order valence-electron chi connectivity index (χ3n) is 2.44. The van der Waals surface area contributed by atoms with E-state index >= 15 is 0 Å². The highest BCUT2D eigenvalue weighted by Crippen LogP contribution is 2.18. The smallest absolute Gasteiger partial charge is 0.182 e. The van der Waals surface area contributed by atoms with Crippen LogP contribution in [0.25, 0.3) is 0 Å². The molecule has 1 heterocycles. The molecule has 18 heavy (non-hydrogen) atoms. The fourth-order valence-corrected chi connectivity index (χ4v) is 1.58. The van der Waals surface area contributed by atoms with Crippen LogP contribution in [0.15, 0.2) is 36.7 Å². The number of nitriles is 1. The van der Waals surface area contributed by atoms with Crippen molar-refractivity contribution in [3.8, 4) is 11.8 Å². The molecule has 1 aromatic carbocycles. The normalized spacial score (nSPS) is 9.56. The predicted molar refractivity (Wildman–Crippen MR) is 67.1 cm³/mol. The highest BCUT2D eigenvalue weighted by Gasteiger charge is 2.05. The van der Waals surface area contributed by atoms with E-state index in [1.54, 1.807) is 13.3 Å². The molecule has 90 valence electrons. The largest absolute Gasteiger partial charge is 0.496 e. The summed E-state index contributed by atoms with van der Waals surface area (Å²) in [4.78, 5) is 8.02. The number of anilines is 1. The summed E-state index contributed by atoms with van der Waals surface area (Å²) in [5, 5.41) is 12.0. The van der Waals surface area contributed by atoms with Gasteiger partial charge in [0.1, 0.15) is 11.8 Å². The van der Waals surface area contributed by atoms with Crippen molar-refractivity contribution >= 4 is 5.82 Å². The molecule has 0 spiro atoms. The first-order valence-electron chi connectivity index (χ1n) is 5.42. The molecule has 0 atom stereocenters. The monoisotopic (exact) mass is 240 g/mol. The lowest BCUT2D eigenvalue weighted by atomic mass is 10.2. The van der Waals surface area contributed by atoms with Crippen LogP contribution in [0.2, 0.25) is 0 Å². The molecule has 2 aromatic rings. The molecule has 2 rings (SSSR count). The van der Waals surface area contributed by atoms with Gasteiger partial charge >= 0.3 is 0 Å². The molecular weight excluding hydrogens is 228 g/mol. The molecule has 1 aromatic heterocycles. The van der Waals surface area contributed by atoms with Crippen LogP contribution in [0.1, 0.15) is 11.3 Å². The molecule has 5 heteroatoms. The molecular formula is C13H12N4O. The van der Waals surface area contributed by atoms with E-state index in [9.17, 15) is 0 Å². The van der Waals surface area contributed by atoms with Gasteiger partial charge in [0, 0.05) is 24.5 Å². The Balaban J connectivity index is 2.14. The van der Waals surface area contributed by atoms with Crippen molar-refractivity contribution in [3.05, 3.63) is 47.9 Å².